The summed E-state index contributed by atoms with van der Waals surface area (Å²) < 4.78 is 4.79. The molecule has 23 heavy (non-hydrogen) atoms. The summed E-state index contributed by atoms with van der Waals surface area (Å²) in [5.74, 6) is 0. The Morgan fingerprint density at radius 3 is 2.96 bits per heavy atom. The van der Waals surface area contributed by atoms with Gasteiger partial charge >= 0.3 is 0 Å². The van der Waals surface area contributed by atoms with Gasteiger partial charge in [0.1, 0.15) is 17.4 Å². The molecule has 1 N–H and O–H groups in total. The van der Waals surface area contributed by atoms with E-state index >= 15 is 0 Å². The molecule has 0 atom stereocenters. The van der Waals surface area contributed by atoms with Crippen LogP contribution in [0.25, 0.3) is 16.6 Å². The maximum atomic E-state index is 12.7. The number of hydrogen-bond acceptors (Lipinski definition) is 5. The minimum Gasteiger partial charge on any atom is -0.390 e. The van der Waals surface area contributed by atoms with Gasteiger partial charge in [-0.05, 0) is 18.2 Å². The average Bonchev–Trinajstić information content (AvgIpc) is 3.15. The second-order valence-corrected chi connectivity index (χ2v) is 5.29. The summed E-state index contributed by atoms with van der Waals surface area (Å²) in [6.07, 6.45) is 3.21. The topological polar surface area (TPSA) is 90.2 Å². The van der Waals surface area contributed by atoms with Crippen molar-refractivity contribution in [2.24, 2.45) is 7.05 Å². The lowest BCUT2D eigenvalue weighted by molar-refractivity contribution is 0.277. The molecule has 0 bridgehead atoms. The van der Waals surface area contributed by atoms with E-state index in [0.717, 1.165) is 11.2 Å². The van der Waals surface area contributed by atoms with Crippen LogP contribution in [0.1, 0.15) is 11.4 Å². The van der Waals surface area contributed by atoms with Gasteiger partial charge in [0.15, 0.2) is 5.65 Å². The van der Waals surface area contributed by atoms with Gasteiger partial charge in [0, 0.05) is 13.2 Å². The lowest BCUT2D eigenvalue weighted by atomic mass is 10.3. The van der Waals surface area contributed by atoms with Crippen LogP contribution in [0.3, 0.4) is 0 Å². The molecule has 4 aromatic rings. The van der Waals surface area contributed by atoms with Crippen molar-refractivity contribution >= 4 is 16.6 Å². The van der Waals surface area contributed by atoms with Gasteiger partial charge in [-0.1, -0.05) is 6.07 Å². The molecular formula is C15H14N6O2. The van der Waals surface area contributed by atoms with Crippen LogP contribution in [-0.4, -0.2) is 34.1 Å². The number of aliphatic hydroxyl groups excluding tert-OH is 1. The van der Waals surface area contributed by atoms with Crippen molar-refractivity contribution < 1.29 is 5.11 Å². The first-order valence-electron chi connectivity index (χ1n) is 7.12. The van der Waals surface area contributed by atoms with Crippen LogP contribution in [0.15, 0.2) is 41.6 Å². The highest BCUT2D eigenvalue weighted by molar-refractivity contribution is 5.76. The monoisotopic (exact) mass is 310 g/mol. The normalized spacial score (nSPS) is 11.6. The van der Waals surface area contributed by atoms with E-state index in [9.17, 15) is 9.90 Å². The largest absolute Gasteiger partial charge is 0.390 e. The molecule has 0 fully saturated rings. The smallest absolute Gasteiger partial charge is 0.265 e. The summed E-state index contributed by atoms with van der Waals surface area (Å²) in [5.41, 5.74) is 2.41. The van der Waals surface area contributed by atoms with Crippen LogP contribution in [0, 0.1) is 0 Å². The number of nitrogens with zero attached hydrogens (tertiary/aromatic N) is 6. The van der Waals surface area contributed by atoms with E-state index in [4.69, 9.17) is 0 Å². The molecule has 0 amide bonds. The number of aliphatic hydroxyl groups is 1. The summed E-state index contributed by atoms with van der Waals surface area (Å²) in [6.45, 7) is 0.0353. The minimum atomic E-state index is -0.299. The third-order valence-corrected chi connectivity index (χ3v) is 3.87. The van der Waals surface area contributed by atoms with E-state index in [-0.39, 0.29) is 12.2 Å². The Hall–Kier alpha value is -3.00. The summed E-state index contributed by atoms with van der Waals surface area (Å²) in [7, 11) is 1.70. The molecule has 116 valence electrons. The van der Waals surface area contributed by atoms with Gasteiger partial charge in [0.05, 0.1) is 24.4 Å². The zero-order valence-corrected chi connectivity index (χ0v) is 12.4. The summed E-state index contributed by atoms with van der Waals surface area (Å²) in [4.78, 5) is 17.0. The molecule has 0 aliphatic carbocycles. The quantitative estimate of drug-likeness (QED) is 0.588. The van der Waals surface area contributed by atoms with E-state index in [2.05, 4.69) is 15.2 Å². The molecule has 0 aromatic carbocycles. The van der Waals surface area contributed by atoms with Gasteiger partial charge < -0.3 is 5.11 Å². The molecule has 8 nitrogen and oxygen atoms in total. The van der Waals surface area contributed by atoms with Crippen molar-refractivity contribution in [3.8, 4) is 0 Å². The van der Waals surface area contributed by atoms with Crippen LogP contribution in [0.2, 0.25) is 0 Å². The second-order valence-electron chi connectivity index (χ2n) is 5.29. The van der Waals surface area contributed by atoms with Crippen LogP contribution in [-0.2, 0) is 20.2 Å². The maximum absolute atomic E-state index is 12.7. The van der Waals surface area contributed by atoms with Crippen molar-refractivity contribution in [1.29, 1.82) is 0 Å². The minimum absolute atomic E-state index is 0.226. The molecule has 8 heteroatoms. The zero-order chi connectivity index (χ0) is 16.0. The van der Waals surface area contributed by atoms with Crippen LogP contribution >= 0.6 is 0 Å². The highest BCUT2D eigenvalue weighted by atomic mass is 16.3. The molecule has 0 unspecified atom stereocenters. The molecule has 0 radical (unpaired) electrons. The van der Waals surface area contributed by atoms with Crippen molar-refractivity contribution in [1.82, 2.24) is 28.9 Å². The summed E-state index contributed by atoms with van der Waals surface area (Å²) in [6, 6.07) is 7.68. The van der Waals surface area contributed by atoms with E-state index in [1.165, 1.54) is 15.6 Å². The number of hydrogen-bond donors (Lipinski definition) is 1. The van der Waals surface area contributed by atoms with Crippen molar-refractivity contribution in [3.63, 3.8) is 0 Å². The fraction of sp³-hybridized carbons (Fsp3) is 0.200. The highest BCUT2D eigenvalue weighted by Crippen LogP contribution is 2.12. The molecule has 0 saturated carbocycles. The zero-order valence-electron chi connectivity index (χ0n) is 12.4. The Morgan fingerprint density at radius 1 is 1.26 bits per heavy atom. The van der Waals surface area contributed by atoms with E-state index in [1.807, 2.05) is 24.3 Å². The summed E-state index contributed by atoms with van der Waals surface area (Å²) in [5, 5.41) is 18.2. The van der Waals surface area contributed by atoms with Crippen LogP contribution < -0.4 is 5.56 Å². The first-order chi connectivity index (χ1) is 11.2. The molecule has 0 aliphatic heterocycles. The Labute approximate surface area is 130 Å². The Morgan fingerprint density at radius 2 is 2.13 bits per heavy atom. The molecule has 4 aromatic heterocycles. The fourth-order valence-electron chi connectivity index (χ4n) is 2.78. The third kappa shape index (κ3) is 2.03. The standard InChI is InChI=1S/C15H14N6O2/c1-19-14-13(12(8-22)18-19)15(23)20(9-16-14)7-11-4-2-3-10-5-6-17-21(10)11/h2-6,9,22H,7-8H2,1H3. The Kier molecular flexibility index (Phi) is 2.98. The van der Waals surface area contributed by atoms with Gasteiger partial charge in [0.2, 0.25) is 0 Å². The van der Waals surface area contributed by atoms with E-state index in [0.29, 0.717) is 23.3 Å². The fourth-order valence-corrected chi connectivity index (χ4v) is 2.78. The van der Waals surface area contributed by atoms with Gasteiger partial charge in [0.25, 0.3) is 5.56 Å². The van der Waals surface area contributed by atoms with Gasteiger partial charge in [-0.3, -0.25) is 9.36 Å². The lowest BCUT2D eigenvalue weighted by Gasteiger charge is -2.08. The second kappa shape index (κ2) is 5.03. The van der Waals surface area contributed by atoms with Gasteiger partial charge in [-0.2, -0.15) is 10.2 Å². The third-order valence-electron chi connectivity index (χ3n) is 3.87. The van der Waals surface area contributed by atoms with Crippen molar-refractivity contribution in [2.45, 2.75) is 13.2 Å². The molecule has 4 heterocycles. The Bertz CT molecular complexity index is 1070. The number of aromatic nitrogens is 6. The predicted octanol–water partition coefficient (Wildman–Crippen LogP) is 0.318. The molecular weight excluding hydrogens is 296 g/mol. The number of fused-ring (bicyclic) bond motifs is 2. The van der Waals surface area contributed by atoms with Gasteiger partial charge in [-0.15, -0.1) is 0 Å². The molecule has 0 aliphatic rings. The van der Waals surface area contributed by atoms with Crippen molar-refractivity contribution in [2.75, 3.05) is 0 Å². The van der Waals surface area contributed by atoms with Crippen LogP contribution in [0.4, 0.5) is 0 Å². The summed E-state index contributed by atoms with van der Waals surface area (Å²) >= 11 is 0. The van der Waals surface area contributed by atoms with E-state index in [1.54, 1.807) is 17.8 Å². The number of pyridine rings is 1. The first kappa shape index (κ1) is 13.6. The number of rotatable bonds is 3. The molecule has 0 spiro atoms. The lowest BCUT2D eigenvalue weighted by Crippen LogP contribution is -2.23. The maximum Gasteiger partial charge on any atom is 0.265 e. The first-order valence-corrected chi connectivity index (χ1v) is 7.12. The predicted molar refractivity (Wildman–Crippen MR) is 83.0 cm³/mol. The number of aryl methyl sites for hydroxylation is 1. The average molecular weight is 310 g/mol. The SMILES string of the molecule is Cn1nc(CO)c2c(=O)n(Cc3cccc4ccnn34)cnc21. The van der Waals surface area contributed by atoms with Gasteiger partial charge in [-0.25, -0.2) is 14.2 Å². The highest BCUT2D eigenvalue weighted by Gasteiger charge is 2.15. The van der Waals surface area contributed by atoms with E-state index < -0.39 is 0 Å². The van der Waals surface area contributed by atoms with Crippen molar-refractivity contribution in [3.05, 3.63) is 58.5 Å². The molecule has 0 saturated heterocycles. The molecule has 4 rings (SSSR count). The van der Waals surface area contributed by atoms with Crippen LogP contribution in [0.5, 0.6) is 0 Å². The Balaban J connectivity index is 1.88.